The van der Waals surface area contributed by atoms with Crippen molar-refractivity contribution in [1.29, 1.82) is 0 Å². The minimum Gasteiger partial charge on any atom is -0.207 e. The number of halogens is 1. The van der Waals surface area contributed by atoms with E-state index in [4.69, 9.17) is 11.6 Å². The van der Waals surface area contributed by atoms with Crippen molar-refractivity contribution in [2.45, 2.75) is 36.6 Å². The van der Waals surface area contributed by atoms with Gasteiger partial charge in [-0.3, -0.25) is 0 Å². The van der Waals surface area contributed by atoms with Crippen molar-refractivity contribution in [1.82, 2.24) is 4.31 Å². The van der Waals surface area contributed by atoms with E-state index in [-0.39, 0.29) is 0 Å². The fourth-order valence-corrected chi connectivity index (χ4v) is 4.25. The topological polar surface area (TPSA) is 37.4 Å². The Bertz CT molecular complexity index is 501. The van der Waals surface area contributed by atoms with Crippen LogP contribution in [-0.2, 0) is 10.0 Å². The zero-order chi connectivity index (χ0) is 12.5. The molecule has 0 aromatic heterocycles. The van der Waals surface area contributed by atoms with Crippen LogP contribution >= 0.6 is 11.6 Å². The SMILES string of the molecule is Cc1cccc(S(=O)(=O)N2CCCCC2Cl)c1. The summed E-state index contributed by atoms with van der Waals surface area (Å²) in [5, 5.41) is 0. The molecule has 0 radical (unpaired) electrons. The maximum absolute atomic E-state index is 12.4. The van der Waals surface area contributed by atoms with Crippen LogP contribution in [0, 0.1) is 6.92 Å². The first-order valence-corrected chi connectivity index (χ1v) is 7.62. The van der Waals surface area contributed by atoms with Crippen LogP contribution in [0.1, 0.15) is 24.8 Å². The molecular formula is C12H16ClNO2S. The van der Waals surface area contributed by atoms with Crippen LogP contribution < -0.4 is 0 Å². The van der Waals surface area contributed by atoms with Gasteiger partial charge in [0.15, 0.2) is 0 Å². The standard InChI is InChI=1S/C12H16ClNO2S/c1-10-5-4-6-11(9-10)17(15,16)14-8-3-2-7-12(14)13/h4-6,9,12H,2-3,7-8H2,1H3. The van der Waals surface area contributed by atoms with E-state index in [0.717, 1.165) is 24.8 Å². The highest BCUT2D eigenvalue weighted by Crippen LogP contribution is 2.27. The number of piperidine rings is 1. The number of sulfonamides is 1. The first-order valence-electron chi connectivity index (χ1n) is 5.74. The molecule has 94 valence electrons. The first-order chi connectivity index (χ1) is 8.01. The molecule has 1 aliphatic heterocycles. The number of alkyl halides is 1. The Hall–Kier alpha value is -0.580. The molecule has 1 aromatic rings. The zero-order valence-corrected chi connectivity index (χ0v) is 11.3. The van der Waals surface area contributed by atoms with E-state index in [2.05, 4.69) is 0 Å². The lowest BCUT2D eigenvalue weighted by molar-refractivity contribution is 0.317. The van der Waals surface area contributed by atoms with Crippen molar-refractivity contribution in [2.24, 2.45) is 0 Å². The summed E-state index contributed by atoms with van der Waals surface area (Å²) < 4.78 is 26.2. The number of rotatable bonds is 2. The third-order valence-electron chi connectivity index (χ3n) is 2.98. The summed E-state index contributed by atoms with van der Waals surface area (Å²) in [6, 6.07) is 6.96. The van der Waals surface area contributed by atoms with E-state index >= 15 is 0 Å². The smallest absolute Gasteiger partial charge is 0.207 e. The minimum absolute atomic E-state index is 0.338. The van der Waals surface area contributed by atoms with E-state index in [1.807, 2.05) is 13.0 Å². The molecule has 0 N–H and O–H groups in total. The Balaban J connectivity index is 2.35. The molecule has 0 aliphatic carbocycles. The average molecular weight is 274 g/mol. The molecule has 1 atom stereocenters. The highest BCUT2D eigenvalue weighted by atomic mass is 35.5. The summed E-state index contributed by atoms with van der Waals surface area (Å²) >= 11 is 6.10. The first kappa shape index (κ1) is 12.9. The summed E-state index contributed by atoms with van der Waals surface area (Å²) in [4.78, 5) is 0.338. The average Bonchev–Trinajstić information content (AvgIpc) is 2.29. The molecule has 0 amide bonds. The van der Waals surface area contributed by atoms with Gasteiger partial charge in [0.25, 0.3) is 0 Å². The van der Waals surface area contributed by atoms with Crippen LogP contribution in [0.3, 0.4) is 0 Å². The maximum atomic E-state index is 12.4. The van der Waals surface area contributed by atoms with Crippen LogP contribution in [-0.4, -0.2) is 24.8 Å². The third kappa shape index (κ3) is 2.64. The van der Waals surface area contributed by atoms with E-state index in [1.54, 1.807) is 18.2 Å². The van der Waals surface area contributed by atoms with E-state index in [9.17, 15) is 8.42 Å². The Labute approximate surface area is 107 Å². The van der Waals surface area contributed by atoms with E-state index < -0.39 is 15.5 Å². The van der Waals surface area contributed by atoms with E-state index in [1.165, 1.54) is 4.31 Å². The number of nitrogens with zero attached hydrogens (tertiary/aromatic N) is 1. The van der Waals surface area contributed by atoms with Crippen molar-refractivity contribution < 1.29 is 8.42 Å². The van der Waals surface area contributed by atoms with Gasteiger partial charge in [-0.1, -0.05) is 12.1 Å². The van der Waals surface area contributed by atoms with Gasteiger partial charge >= 0.3 is 0 Å². The fourth-order valence-electron chi connectivity index (χ4n) is 2.05. The molecule has 0 saturated carbocycles. The zero-order valence-electron chi connectivity index (χ0n) is 9.77. The molecule has 17 heavy (non-hydrogen) atoms. The molecule has 1 fully saturated rings. The molecule has 0 spiro atoms. The molecule has 1 saturated heterocycles. The van der Waals surface area contributed by atoms with Gasteiger partial charge in [-0.25, -0.2) is 8.42 Å². The van der Waals surface area contributed by atoms with Gasteiger partial charge in [0, 0.05) is 6.54 Å². The van der Waals surface area contributed by atoms with Crippen molar-refractivity contribution in [3.8, 4) is 0 Å². The molecule has 1 heterocycles. The molecule has 5 heteroatoms. The molecule has 3 nitrogen and oxygen atoms in total. The lowest BCUT2D eigenvalue weighted by Crippen LogP contribution is -2.40. The predicted molar refractivity (Wildman–Crippen MR) is 68.6 cm³/mol. The molecule has 2 rings (SSSR count). The summed E-state index contributed by atoms with van der Waals surface area (Å²) in [5.41, 5.74) is 0.531. The van der Waals surface area contributed by atoms with Gasteiger partial charge in [-0.15, -0.1) is 11.6 Å². The molecular weight excluding hydrogens is 258 g/mol. The summed E-state index contributed by atoms with van der Waals surface area (Å²) in [5.74, 6) is 0. The predicted octanol–water partition coefficient (Wildman–Crippen LogP) is 2.73. The van der Waals surface area contributed by atoms with Gasteiger partial charge in [0.1, 0.15) is 0 Å². The number of hydrogen-bond acceptors (Lipinski definition) is 2. The summed E-state index contributed by atoms with van der Waals surface area (Å²) in [6.45, 7) is 2.40. The number of hydrogen-bond donors (Lipinski definition) is 0. The van der Waals surface area contributed by atoms with Gasteiger partial charge < -0.3 is 0 Å². The van der Waals surface area contributed by atoms with Gasteiger partial charge in [0.05, 0.1) is 10.4 Å². The molecule has 1 aromatic carbocycles. The monoisotopic (exact) mass is 273 g/mol. The third-order valence-corrected chi connectivity index (χ3v) is 5.45. The van der Waals surface area contributed by atoms with Gasteiger partial charge in [-0.2, -0.15) is 4.31 Å². The van der Waals surface area contributed by atoms with Crippen LogP contribution in [0.5, 0.6) is 0 Å². The fraction of sp³-hybridized carbons (Fsp3) is 0.500. The van der Waals surface area contributed by atoms with Crippen LogP contribution in [0.4, 0.5) is 0 Å². The Morgan fingerprint density at radius 3 is 2.76 bits per heavy atom. The van der Waals surface area contributed by atoms with Crippen molar-refractivity contribution in [3.63, 3.8) is 0 Å². The minimum atomic E-state index is -3.43. The Morgan fingerprint density at radius 1 is 1.35 bits per heavy atom. The van der Waals surface area contributed by atoms with Crippen LogP contribution in [0.15, 0.2) is 29.2 Å². The largest absolute Gasteiger partial charge is 0.244 e. The molecule has 0 bridgehead atoms. The number of benzene rings is 1. The van der Waals surface area contributed by atoms with Crippen molar-refractivity contribution in [2.75, 3.05) is 6.54 Å². The molecule has 1 aliphatic rings. The van der Waals surface area contributed by atoms with Crippen molar-refractivity contribution >= 4 is 21.6 Å². The second-order valence-corrected chi connectivity index (χ2v) is 6.76. The van der Waals surface area contributed by atoms with E-state index in [0.29, 0.717) is 11.4 Å². The van der Waals surface area contributed by atoms with Crippen LogP contribution in [0.2, 0.25) is 0 Å². The van der Waals surface area contributed by atoms with Gasteiger partial charge in [0.2, 0.25) is 10.0 Å². The molecule has 1 unspecified atom stereocenters. The Kier molecular flexibility index (Phi) is 3.76. The van der Waals surface area contributed by atoms with Crippen LogP contribution in [0.25, 0.3) is 0 Å². The lowest BCUT2D eigenvalue weighted by atomic mass is 10.2. The Morgan fingerprint density at radius 2 is 2.12 bits per heavy atom. The summed E-state index contributed by atoms with van der Waals surface area (Å²) in [7, 11) is -3.43. The summed E-state index contributed by atoms with van der Waals surface area (Å²) in [6.07, 6.45) is 2.61. The second kappa shape index (κ2) is 4.96. The van der Waals surface area contributed by atoms with Crippen molar-refractivity contribution in [3.05, 3.63) is 29.8 Å². The maximum Gasteiger partial charge on any atom is 0.244 e. The number of aryl methyl sites for hydroxylation is 1. The van der Waals surface area contributed by atoms with Gasteiger partial charge in [-0.05, 0) is 43.9 Å². The lowest BCUT2D eigenvalue weighted by Gasteiger charge is -2.30. The quantitative estimate of drug-likeness (QED) is 0.614. The highest BCUT2D eigenvalue weighted by molar-refractivity contribution is 7.89. The normalized spacial score (nSPS) is 22.6. The second-order valence-electron chi connectivity index (χ2n) is 4.36. The highest BCUT2D eigenvalue weighted by Gasteiger charge is 2.32.